The molecule has 0 aromatic heterocycles. The summed E-state index contributed by atoms with van der Waals surface area (Å²) in [5.74, 6) is 0.955. The molecule has 2 heteroatoms. The molecule has 0 unspecified atom stereocenters. The molecule has 1 saturated heterocycles. The minimum atomic E-state index is 0.813. The van der Waals surface area contributed by atoms with E-state index in [1.165, 1.54) is 56.3 Å². The first-order chi connectivity index (χ1) is 8.90. The fourth-order valence-corrected chi connectivity index (χ4v) is 4.30. The molecule has 1 aliphatic carbocycles. The largest absolute Gasteiger partial charge is 0.368 e. The van der Waals surface area contributed by atoms with Crippen LogP contribution in [0.3, 0.4) is 0 Å². The van der Waals surface area contributed by atoms with Gasteiger partial charge in [0.1, 0.15) is 0 Å². The molecule has 3 rings (SSSR count). The first-order valence-corrected chi connectivity index (χ1v) is 8.43. The van der Waals surface area contributed by atoms with Gasteiger partial charge in [-0.1, -0.05) is 47.0 Å². The fourth-order valence-electron chi connectivity index (χ4n) is 3.83. The van der Waals surface area contributed by atoms with Crippen molar-refractivity contribution in [1.82, 2.24) is 0 Å². The van der Waals surface area contributed by atoms with Crippen LogP contribution >= 0.6 is 15.9 Å². The summed E-state index contributed by atoms with van der Waals surface area (Å²) in [5.41, 5.74) is 2.93. The number of halogens is 1. The predicted octanol–water partition coefficient (Wildman–Crippen LogP) is 4.74. The Kier molecular flexibility index (Phi) is 3.93. The molecule has 1 aromatic rings. The highest BCUT2D eigenvalue weighted by Crippen LogP contribution is 2.39. The van der Waals surface area contributed by atoms with E-state index in [4.69, 9.17) is 0 Å². The Morgan fingerprint density at radius 2 is 1.83 bits per heavy atom. The highest BCUT2D eigenvalue weighted by molar-refractivity contribution is 9.08. The van der Waals surface area contributed by atoms with Crippen molar-refractivity contribution in [1.29, 1.82) is 0 Å². The molecule has 0 amide bonds. The van der Waals surface area contributed by atoms with E-state index in [1.54, 1.807) is 0 Å². The van der Waals surface area contributed by atoms with Gasteiger partial charge in [-0.05, 0) is 43.2 Å². The van der Waals surface area contributed by atoms with Gasteiger partial charge >= 0.3 is 0 Å². The van der Waals surface area contributed by atoms with Crippen LogP contribution in [0, 0.1) is 5.92 Å². The average molecular weight is 308 g/mol. The van der Waals surface area contributed by atoms with Gasteiger partial charge in [0.05, 0.1) is 0 Å². The van der Waals surface area contributed by atoms with Crippen LogP contribution in [-0.2, 0) is 5.33 Å². The third-order valence-corrected chi connectivity index (χ3v) is 5.29. The summed E-state index contributed by atoms with van der Waals surface area (Å²) in [6.07, 6.45) is 8.57. The number of para-hydroxylation sites is 1. The van der Waals surface area contributed by atoms with Gasteiger partial charge in [-0.2, -0.15) is 0 Å². The Labute approximate surface area is 119 Å². The van der Waals surface area contributed by atoms with Crippen LogP contribution in [0.15, 0.2) is 24.3 Å². The number of piperidine rings is 1. The molecule has 18 heavy (non-hydrogen) atoms. The molecule has 0 N–H and O–H groups in total. The van der Waals surface area contributed by atoms with E-state index >= 15 is 0 Å². The SMILES string of the molecule is BrCc1ccccc1N1CCC[C@H]2CCCC[C@H]21. The van der Waals surface area contributed by atoms with Gasteiger partial charge in [-0.3, -0.25) is 0 Å². The summed E-state index contributed by atoms with van der Waals surface area (Å²) < 4.78 is 0. The number of benzene rings is 1. The van der Waals surface area contributed by atoms with Crippen LogP contribution in [0.4, 0.5) is 5.69 Å². The van der Waals surface area contributed by atoms with Gasteiger partial charge in [0, 0.05) is 23.6 Å². The monoisotopic (exact) mass is 307 g/mol. The number of hydrogen-bond donors (Lipinski definition) is 0. The molecule has 2 atom stereocenters. The Bertz CT molecular complexity index is 402. The molecule has 2 aliphatic rings. The highest BCUT2D eigenvalue weighted by atomic mass is 79.9. The van der Waals surface area contributed by atoms with Crippen molar-refractivity contribution in [3.8, 4) is 0 Å². The van der Waals surface area contributed by atoms with Crippen LogP contribution in [0.25, 0.3) is 0 Å². The Balaban J connectivity index is 1.89. The molecular formula is C16H22BrN. The normalized spacial score (nSPS) is 27.9. The lowest BCUT2D eigenvalue weighted by atomic mass is 9.78. The zero-order chi connectivity index (χ0) is 12.4. The molecule has 1 nitrogen and oxygen atoms in total. The topological polar surface area (TPSA) is 3.24 Å². The van der Waals surface area contributed by atoms with E-state index in [-0.39, 0.29) is 0 Å². The van der Waals surface area contributed by atoms with E-state index in [9.17, 15) is 0 Å². The summed E-state index contributed by atoms with van der Waals surface area (Å²) in [7, 11) is 0. The minimum absolute atomic E-state index is 0.813. The van der Waals surface area contributed by atoms with Crippen LogP contribution in [0.2, 0.25) is 0 Å². The van der Waals surface area contributed by atoms with Crippen molar-refractivity contribution >= 4 is 21.6 Å². The van der Waals surface area contributed by atoms with Gasteiger partial charge < -0.3 is 4.90 Å². The van der Waals surface area contributed by atoms with E-state index in [0.717, 1.165) is 17.3 Å². The number of fused-ring (bicyclic) bond motifs is 1. The smallest absolute Gasteiger partial charge is 0.0409 e. The van der Waals surface area contributed by atoms with E-state index in [1.807, 2.05) is 0 Å². The summed E-state index contributed by atoms with van der Waals surface area (Å²) >= 11 is 3.64. The first-order valence-electron chi connectivity index (χ1n) is 7.30. The van der Waals surface area contributed by atoms with Crippen LogP contribution in [-0.4, -0.2) is 12.6 Å². The fraction of sp³-hybridized carbons (Fsp3) is 0.625. The second-order valence-electron chi connectivity index (χ2n) is 5.71. The number of alkyl halides is 1. The number of nitrogens with zero attached hydrogens (tertiary/aromatic N) is 1. The molecule has 1 heterocycles. The third-order valence-electron chi connectivity index (χ3n) is 4.69. The zero-order valence-corrected chi connectivity index (χ0v) is 12.5. The van der Waals surface area contributed by atoms with Crippen LogP contribution in [0.1, 0.15) is 44.1 Å². The van der Waals surface area contributed by atoms with E-state index in [2.05, 4.69) is 45.1 Å². The Hall–Kier alpha value is -0.500. The van der Waals surface area contributed by atoms with Crippen molar-refractivity contribution in [2.75, 3.05) is 11.4 Å². The van der Waals surface area contributed by atoms with E-state index in [0.29, 0.717) is 0 Å². The van der Waals surface area contributed by atoms with Gasteiger partial charge in [-0.15, -0.1) is 0 Å². The zero-order valence-electron chi connectivity index (χ0n) is 10.9. The van der Waals surface area contributed by atoms with Gasteiger partial charge in [-0.25, -0.2) is 0 Å². The number of hydrogen-bond acceptors (Lipinski definition) is 1. The molecule has 0 spiro atoms. The van der Waals surface area contributed by atoms with Gasteiger partial charge in [0.2, 0.25) is 0 Å². The van der Waals surface area contributed by atoms with Crippen molar-refractivity contribution in [2.45, 2.75) is 49.9 Å². The van der Waals surface area contributed by atoms with Gasteiger partial charge in [0.15, 0.2) is 0 Å². The third kappa shape index (κ3) is 2.32. The quantitative estimate of drug-likeness (QED) is 0.713. The maximum Gasteiger partial charge on any atom is 0.0409 e. The molecule has 2 fully saturated rings. The number of rotatable bonds is 2. The standard InChI is InChI=1S/C16H22BrN/c17-12-14-7-2-4-10-16(14)18-11-5-8-13-6-1-3-9-15(13)18/h2,4,7,10,13,15H,1,3,5-6,8-9,11-12H2/t13-,15-/m1/s1. The summed E-state index contributed by atoms with van der Waals surface area (Å²) in [6, 6.07) is 9.73. The maximum atomic E-state index is 3.64. The predicted molar refractivity (Wildman–Crippen MR) is 81.4 cm³/mol. The lowest BCUT2D eigenvalue weighted by Gasteiger charge is -2.46. The van der Waals surface area contributed by atoms with Crippen molar-refractivity contribution in [3.05, 3.63) is 29.8 Å². The Morgan fingerprint density at radius 1 is 1.06 bits per heavy atom. The Morgan fingerprint density at radius 3 is 2.72 bits per heavy atom. The number of anilines is 1. The second-order valence-corrected chi connectivity index (χ2v) is 6.27. The van der Waals surface area contributed by atoms with Crippen molar-refractivity contribution in [2.24, 2.45) is 5.92 Å². The molecule has 1 aromatic carbocycles. The summed E-state index contributed by atoms with van der Waals surface area (Å²) in [4.78, 5) is 2.71. The summed E-state index contributed by atoms with van der Waals surface area (Å²) in [5, 5.41) is 0.969. The highest BCUT2D eigenvalue weighted by Gasteiger charge is 2.33. The van der Waals surface area contributed by atoms with Crippen LogP contribution < -0.4 is 4.90 Å². The molecule has 0 radical (unpaired) electrons. The molecule has 1 saturated carbocycles. The van der Waals surface area contributed by atoms with Crippen molar-refractivity contribution < 1.29 is 0 Å². The van der Waals surface area contributed by atoms with E-state index < -0.39 is 0 Å². The summed E-state index contributed by atoms with van der Waals surface area (Å²) in [6.45, 7) is 1.26. The second kappa shape index (κ2) is 5.64. The maximum absolute atomic E-state index is 3.64. The van der Waals surface area contributed by atoms with Crippen LogP contribution in [0.5, 0.6) is 0 Å². The molecule has 1 aliphatic heterocycles. The molecular weight excluding hydrogens is 286 g/mol. The molecule has 0 bridgehead atoms. The lowest BCUT2D eigenvalue weighted by Crippen LogP contribution is -2.47. The van der Waals surface area contributed by atoms with Gasteiger partial charge in [0.25, 0.3) is 0 Å². The lowest BCUT2D eigenvalue weighted by molar-refractivity contribution is 0.243. The first kappa shape index (κ1) is 12.5. The minimum Gasteiger partial charge on any atom is -0.368 e. The molecule has 98 valence electrons. The average Bonchev–Trinajstić information content (AvgIpc) is 2.46. The van der Waals surface area contributed by atoms with Crippen molar-refractivity contribution in [3.63, 3.8) is 0 Å².